The molecule has 162 valence electrons. The molecule has 2 aliphatic heterocycles. The SMILES string of the molecule is COc1ccc(S(=O)(=O)N2c3ccc(S(=O)(=O)N4CCOCC4)cc3C[C@H]2C)cc1. The number of hydrogen-bond donors (Lipinski definition) is 0. The number of hydrogen-bond acceptors (Lipinski definition) is 6. The minimum absolute atomic E-state index is 0.160. The summed E-state index contributed by atoms with van der Waals surface area (Å²) in [7, 11) is -5.92. The van der Waals surface area contributed by atoms with Gasteiger partial charge in [-0.3, -0.25) is 4.31 Å². The molecule has 2 aromatic rings. The third-order valence-corrected chi connectivity index (χ3v) is 9.27. The van der Waals surface area contributed by atoms with Crippen LogP contribution >= 0.6 is 0 Å². The lowest BCUT2D eigenvalue weighted by molar-refractivity contribution is 0.0730. The average Bonchev–Trinajstić information content (AvgIpc) is 3.10. The molecule has 0 saturated carbocycles. The number of nitrogens with zero attached hydrogens (tertiary/aromatic N) is 2. The van der Waals surface area contributed by atoms with Crippen molar-refractivity contribution in [1.82, 2.24) is 4.31 Å². The number of fused-ring (bicyclic) bond motifs is 1. The van der Waals surface area contributed by atoms with Crippen molar-refractivity contribution < 1.29 is 26.3 Å². The van der Waals surface area contributed by atoms with E-state index in [0.29, 0.717) is 49.7 Å². The highest BCUT2D eigenvalue weighted by Crippen LogP contribution is 2.38. The zero-order valence-electron chi connectivity index (χ0n) is 16.8. The second kappa shape index (κ2) is 7.84. The van der Waals surface area contributed by atoms with Crippen LogP contribution in [0.5, 0.6) is 5.75 Å². The fraction of sp³-hybridized carbons (Fsp3) is 0.400. The van der Waals surface area contributed by atoms with Crippen LogP contribution in [-0.2, 0) is 31.2 Å². The molecule has 2 aromatic carbocycles. The summed E-state index contributed by atoms with van der Waals surface area (Å²) in [6.07, 6.45) is 0.442. The van der Waals surface area contributed by atoms with E-state index in [9.17, 15) is 16.8 Å². The average molecular weight is 453 g/mol. The lowest BCUT2D eigenvalue weighted by atomic mass is 10.1. The van der Waals surface area contributed by atoms with E-state index in [1.807, 2.05) is 6.92 Å². The number of benzene rings is 2. The van der Waals surface area contributed by atoms with Gasteiger partial charge in [0.15, 0.2) is 0 Å². The van der Waals surface area contributed by atoms with Gasteiger partial charge < -0.3 is 9.47 Å². The van der Waals surface area contributed by atoms with Gasteiger partial charge in [0.2, 0.25) is 10.0 Å². The summed E-state index contributed by atoms with van der Waals surface area (Å²) in [6, 6.07) is 10.6. The van der Waals surface area contributed by atoms with E-state index in [4.69, 9.17) is 9.47 Å². The van der Waals surface area contributed by atoms with Crippen molar-refractivity contribution in [2.24, 2.45) is 0 Å². The monoisotopic (exact) mass is 452 g/mol. The van der Waals surface area contributed by atoms with Crippen LogP contribution in [0.1, 0.15) is 12.5 Å². The van der Waals surface area contributed by atoms with Crippen molar-refractivity contribution in [2.75, 3.05) is 37.7 Å². The summed E-state index contributed by atoms with van der Waals surface area (Å²) in [4.78, 5) is 0.340. The molecular weight excluding hydrogens is 428 g/mol. The largest absolute Gasteiger partial charge is 0.497 e. The molecule has 0 aromatic heterocycles. The number of morpholine rings is 1. The lowest BCUT2D eigenvalue weighted by Crippen LogP contribution is -2.40. The molecule has 1 atom stereocenters. The molecule has 4 rings (SSSR count). The highest BCUT2D eigenvalue weighted by molar-refractivity contribution is 7.93. The van der Waals surface area contributed by atoms with Crippen LogP contribution in [0.25, 0.3) is 0 Å². The molecule has 30 heavy (non-hydrogen) atoms. The summed E-state index contributed by atoms with van der Waals surface area (Å²) in [5.41, 5.74) is 1.22. The first-order chi connectivity index (χ1) is 14.2. The van der Waals surface area contributed by atoms with Crippen molar-refractivity contribution >= 4 is 25.7 Å². The quantitative estimate of drug-likeness (QED) is 0.688. The van der Waals surface area contributed by atoms with E-state index in [1.165, 1.54) is 33.9 Å². The van der Waals surface area contributed by atoms with Crippen LogP contribution in [0.4, 0.5) is 5.69 Å². The second-order valence-corrected chi connectivity index (χ2v) is 11.1. The van der Waals surface area contributed by atoms with Gasteiger partial charge in [0.05, 0.1) is 35.8 Å². The molecular formula is C20H24N2O6S2. The van der Waals surface area contributed by atoms with Gasteiger partial charge in [0, 0.05) is 19.1 Å². The zero-order chi connectivity index (χ0) is 21.5. The summed E-state index contributed by atoms with van der Waals surface area (Å²) in [5.74, 6) is 0.571. The first-order valence-electron chi connectivity index (χ1n) is 9.64. The van der Waals surface area contributed by atoms with Gasteiger partial charge in [-0.15, -0.1) is 0 Å². The van der Waals surface area contributed by atoms with Crippen LogP contribution in [0, 0.1) is 0 Å². The van der Waals surface area contributed by atoms with Gasteiger partial charge >= 0.3 is 0 Å². The molecule has 2 aliphatic rings. The minimum Gasteiger partial charge on any atom is -0.497 e. The summed E-state index contributed by atoms with van der Waals surface area (Å²) in [6.45, 7) is 3.18. The Morgan fingerprint density at radius 3 is 2.20 bits per heavy atom. The third-order valence-electron chi connectivity index (χ3n) is 5.43. The first-order valence-corrected chi connectivity index (χ1v) is 12.5. The Morgan fingerprint density at radius 1 is 0.933 bits per heavy atom. The van der Waals surface area contributed by atoms with Crippen LogP contribution in [0.3, 0.4) is 0 Å². The van der Waals surface area contributed by atoms with Gasteiger partial charge in [-0.2, -0.15) is 4.31 Å². The molecule has 0 aliphatic carbocycles. The molecule has 2 heterocycles. The summed E-state index contributed by atoms with van der Waals surface area (Å²) in [5, 5.41) is 0. The number of ether oxygens (including phenoxy) is 2. The van der Waals surface area contributed by atoms with E-state index in [1.54, 1.807) is 24.3 Å². The zero-order valence-corrected chi connectivity index (χ0v) is 18.4. The maximum absolute atomic E-state index is 13.3. The number of rotatable bonds is 5. The maximum Gasteiger partial charge on any atom is 0.264 e. The highest BCUT2D eigenvalue weighted by Gasteiger charge is 2.37. The maximum atomic E-state index is 13.3. The molecule has 1 fully saturated rings. The fourth-order valence-corrected chi connectivity index (χ4v) is 7.05. The van der Waals surface area contributed by atoms with Crippen LogP contribution in [0.15, 0.2) is 52.3 Å². The van der Waals surface area contributed by atoms with E-state index in [2.05, 4.69) is 0 Å². The van der Waals surface area contributed by atoms with Crippen molar-refractivity contribution in [2.45, 2.75) is 29.2 Å². The Balaban J connectivity index is 1.68. The van der Waals surface area contributed by atoms with Crippen molar-refractivity contribution in [3.05, 3.63) is 48.0 Å². The van der Waals surface area contributed by atoms with E-state index in [-0.39, 0.29) is 15.8 Å². The Kier molecular flexibility index (Phi) is 5.52. The van der Waals surface area contributed by atoms with Crippen molar-refractivity contribution in [3.8, 4) is 5.75 Å². The molecule has 8 nitrogen and oxygen atoms in total. The van der Waals surface area contributed by atoms with Crippen LogP contribution < -0.4 is 9.04 Å². The summed E-state index contributed by atoms with van der Waals surface area (Å²) >= 11 is 0. The van der Waals surface area contributed by atoms with Crippen LogP contribution in [0.2, 0.25) is 0 Å². The third kappa shape index (κ3) is 3.58. The van der Waals surface area contributed by atoms with Gasteiger partial charge in [0.25, 0.3) is 10.0 Å². The number of sulfonamides is 2. The molecule has 0 radical (unpaired) electrons. The van der Waals surface area contributed by atoms with E-state index >= 15 is 0 Å². The molecule has 1 saturated heterocycles. The number of methoxy groups -OCH3 is 1. The van der Waals surface area contributed by atoms with E-state index < -0.39 is 20.0 Å². The normalized spacial score (nSPS) is 20.2. The van der Waals surface area contributed by atoms with Crippen LogP contribution in [-0.4, -0.2) is 60.6 Å². The molecule has 0 amide bonds. The Morgan fingerprint density at radius 2 is 1.57 bits per heavy atom. The number of anilines is 1. The first kappa shape index (κ1) is 21.1. The van der Waals surface area contributed by atoms with Crippen molar-refractivity contribution in [1.29, 1.82) is 0 Å². The smallest absolute Gasteiger partial charge is 0.264 e. The second-order valence-electron chi connectivity index (χ2n) is 7.34. The lowest BCUT2D eigenvalue weighted by Gasteiger charge is -2.26. The highest BCUT2D eigenvalue weighted by atomic mass is 32.2. The van der Waals surface area contributed by atoms with Gasteiger partial charge in [0.1, 0.15) is 5.75 Å². The fourth-order valence-electron chi connectivity index (χ4n) is 3.90. The Bertz CT molecular complexity index is 1140. The summed E-state index contributed by atoms with van der Waals surface area (Å²) < 4.78 is 65.6. The predicted molar refractivity (Wildman–Crippen MR) is 112 cm³/mol. The molecule has 0 spiro atoms. The van der Waals surface area contributed by atoms with E-state index in [0.717, 1.165) is 0 Å². The van der Waals surface area contributed by atoms with Gasteiger partial charge in [-0.25, -0.2) is 16.8 Å². The minimum atomic E-state index is -3.79. The Labute approximate surface area is 177 Å². The standard InChI is InChI=1S/C20H24N2O6S2/c1-15-13-16-14-19(29(23,24)21-9-11-28-12-10-21)7-8-20(16)22(15)30(25,26)18-5-3-17(27-2)4-6-18/h3-8,14-15H,9-13H2,1-2H3/t15-/m1/s1. The predicted octanol–water partition coefficient (Wildman–Crippen LogP) is 1.86. The molecule has 0 bridgehead atoms. The molecule has 0 unspecified atom stereocenters. The topological polar surface area (TPSA) is 93.2 Å². The van der Waals surface area contributed by atoms with Crippen molar-refractivity contribution in [3.63, 3.8) is 0 Å². The molecule has 10 heteroatoms. The van der Waals surface area contributed by atoms with Gasteiger partial charge in [-0.05, 0) is 61.4 Å². The Hall–Kier alpha value is -2.14. The van der Waals surface area contributed by atoms with Gasteiger partial charge in [-0.1, -0.05) is 0 Å². The molecule has 0 N–H and O–H groups in total.